The highest BCUT2D eigenvalue weighted by Gasteiger charge is 2.44. The van der Waals surface area contributed by atoms with Crippen molar-refractivity contribution in [1.29, 1.82) is 0 Å². The lowest BCUT2D eigenvalue weighted by Gasteiger charge is -2.41. The second-order valence-corrected chi connectivity index (χ2v) is 10.4. The summed E-state index contributed by atoms with van der Waals surface area (Å²) in [5, 5.41) is 3.62. The van der Waals surface area contributed by atoms with E-state index in [1.165, 1.54) is 0 Å². The molecule has 2 aromatic rings. The Morgan fingerprint density at radius 2 is 1.82 bits per heavy atom. The van der Waals surface area contributed by atoms with Crippen molar-refractivity contribution in [3.63, 3.8) is 0 Å². The smallest absolute Gasteiger partial charge is 0.330 e. The van der Waals surface area contributed by atoms with Crippen molar-refractivity contribution in [1.82, 2.24) is 0 Å². The predicted octanol–water partition coefficient (Wildman–Crippen LogP) is 5.89. The van der Waals surface area contributed by atoms with Gasteiger partial charge in [0.25, 0.3) is 0 Å². The molecule has 5 heteroatoms. The number of esters is 1. The zero-order chi connectivity index (χ0) is 23.7. The highest BCUT2D eigenvalue weighted by atomic mass is 16.5. The zero-order valence-electron chi connectivity index (χ0n) is 19.9. The maximum atomic E-state index is 13.7. The maximum Gasteiger partial charge on any atom is 0.330 e. The number of allylic oxidation sites excluding steroid dienone is 3. The summed E-state index contributed by atoms with van der Waals surface area (Å²) in [7, 11) is 0. The molecular weight excluding hydrogens is 424 g/mol. The average Bonchev–Trinajstić information content (AvgIpc) is 2.94. The normalized spacial score (nSPS) is 23.5. The van der Waals surface area contributed by atoms with Crippen LogP contribution in [0.1, 0.15) is 46.0 Å². The summed E-state index contributed by atoms with van der Waals surface area (Å²) in [6.45, 7) is 4.38. The number of benzene rings is 2. The van der Waals surface area contributed by atoms with Gasteiger partial charge in [-0.3, -0.25) is 4.79 Å². The minimum Gasteiger partial charge on any atom is -0.425 e. The molecule has 1 heterocycles. The quantitative estimate of drug-likeness (QED) is 0.353. The number of hydrogen-bond acceptors (Lipinski definition) is 5. The van der Waals surface area contributed by atoms with Gasteiger partial charge in [-0.1, -0.05) is 56.3 Å². The van der Waals surface area contributed by atoms with E-state index in [2.05, 4.69) is 36.2 Å². The maximum absolute atomic E-state index is 13.7. The van der Waals surface area contributed by atoms with Crippen molar-refractivity contribution in [2.75, 3.05) is 16.8 Å². The third-order valence-electron chi connectivity index (χ3n) is 7.08. The molecule has 2 aromatic carbocycles. The van der Waals surface area contributed by atoms with Gasteiger partial charge in [0.15, 0.2) is 5.78 Å². The Kier molecular flexibility index (Phi) is 6.03. The molecule has 0 bridgehead atoms. The van der Waals surface area contributed by atoms with Gasteiger partial charge in [0, 0.05) is 17.7 Å². The van der Waals surface area contributed by atoms with E-state index in [0.717, 1.165) is 48.3 Å². The van der Waals surface area contributed by atoms with Gasteiger partial charge in [0.1, 0.15) is 12.3 Å². The van der Waals surface area contributed by atoms with Gasteiger partial charge in [0.2, 0.25) is 0 Å². The summed E-state index contributed by atoms with van der Waals surface area (Å²) in [6.07, 6.45) is 8.63. The van der Waals surface area contributed by atoms with E-state index in [1.807, 2.05) is 42.5 Å². The summed E-state index contributed by atoms with van der Waals surface area (Å²) in [5.74, 6) is 0.636. The molecule has 34 heavy (non-hydrogen) atoms. The van der Waals surface area contributed by atoms with Gasteiger partial charge in [-0.15, -0.1) is 0 Å². The number of ketones is 1. The van der Waals surface area contributed by atoms with E-state index < -0.39 is 0 Å². The topological polar surface area (TPSA) is 58.6 Å². The Balaban J connectivity index is 1.59. The Morgan fingerprint density at radius 1 is 1.06 bits per heavy atom. The van der Waals surface area contributed by atoms with E-state index in [1.54, 1.807) is 12.1 Å². The lowest BCUT2D eigenvalue weighted by atomic mass is 9.71. The van der Waals surface area contributed by atoms with Gasteiger partial charge in [-0.25, -0.2) is 4.79 Å². The summed E-state index contributed by atoms with van der Waals surface area (Å²) in [5.41, 5.74) is 3.63. The lowest BCUT2D eigenvalue weighted by Crippen LogP contribution is -2.48. The first-order valence-corrected chi connectivity index (χ1v) is 12.2. The highest BCUT2D eigenvalue weighted by Crippen LogP contribution is 2.46. The van der Waals surface area contributed by atoms with E-state index in [-0.39, 0.29) is 35.7 Å². The Morgan fingerprint density at radius 3 is 2.59 bits per heavy atom. The van der Waals surface area contributed by atoms with Crippen LogP contribution in [0.25, 0.3) is 0 Å². The van der Waals surface area contributed by atoms with Crippen molar-refractivity contribution in [3.05, 3.63) is 78.0 Å². The summed E-state index contributed by atoms with van der Waals surface area (Å²) in [6, 6.07) is 17.0. The average molecular weight is 457 g/mol. The first-order valence-electron chi connectivity index (χ1n) is 12.2. The minimum absolute atomic E-state index is 0.0753. The van der Waals surface area contributed by atoms with Crippen LogP contribution in [0.4, 0.5) is 11.4 Å². The molecule has 5 nitrogen and oxygen atoms in total. The third-order valence-corrected chi connectivity index (χ3v) is 7.08. The first-order chi connectivity index (χ1) is 16.4. The van der Waals surface area contributed by atoms with Crippen LogP contribution in [0.2, 0.25) is 0 Å². The Bertz CT molecular complexity index is 1150. The van der Waals surface area contributed by atoms with Crippen molar-refractivity contribution < 1.29 is 14.3 Å². The SMILES string of the molecule is CC1(C)CC(=O)C2=C(C1)Nc1ccccc1N(CC(=O)Oc1ccccc1)[C@@H]2[C@H]1CC=CCC1. The van der Waals surface area contributed by atoms with Crippen molar-refractivity contribution >= 4 is 23.1 Å². The van der Waals surface area contributed by atoms with E-state index in [9.17, 15) is 9.59 Å². The molecule has 0 saturated carbocycles. The molecule has 0 fully saturated rings. The monoisotopic (exact) mass is 456 g/mol. The van der Waals surface area contributed by atoms with Crippen LogP contribution >= 0.6 is 0 Å². The molecule has 0 radical (unpaired) electrons. The van der Waals surface area contributed by atoms with Gasteiger partial charge >= 0.3 is 5.97 Å². The number of hydrogen-bond donors (Lipinski definition) is 1. The fraction of sp³-hybridized carbons (Fsp3) is 0.379. The lowest BCUT2D eigenvalue weighted by molar-refractivity contribution is -0.133. The molecule has 0 unspecified atom stereocenters. The van der Waals surface area contributed by atoms with Crippen LogP contribution in [-0.4, -0.2) is 24.3 Å². The number of para-hydroxylation sites is 3. The molecule has 1 N–H and O–H groups in total. The summed E-state index contributed by atoms with van der Waals surface area (Å²) in [4.78, 5) is 29.0. The molecular formula is C29H32N2O3. The molecule has 0 aromatic heterocycles. The van der Waals surface area contributed by atoms with Gasteiger partial charge in [-0.05, 0) is 61.3 Å². The molecule has 5 rings (SSSR count). The number of carbonyl (C=O) groups excluding carboxylic acids is 2. The van der Waals surface area contributed by atoms with Crippen LogP contribution in [0, 0.1) is 11.3 Å². The second kappa shape index (κ2) is 9.13. The third kappa shape index (κ3) is 4.52. The van der Waals surface area contributed by atoms with Crippen molar-refractivity contribution in [3.8, 4) is 5.75 Å². The van der Waals surface area contributed by atoms with E-state index in [4.69, 9.17) is 4.74 Å². The molecule has 176 valence electrons. The first kappa shape index (κ1) is 22.5. The van der Waals surface area contributed by atoms with E-state index in [0.29, 0.717) is 12.2 Å². The standard InChI is InChI=1S/C29H32N2O3/c1-29(2)17-23-27(25(32)18-29)28(20-11-5-3-6-12-20)31(24-16-10-9-15-22(24)30-23)19-26(33)34-21-13-7-4-8-14-21/h3-5,7-10,13-16,20,28,30H,6,11-12,17-19H2,1-2H3/t20-,28+/m0/s1. The molecule has 0 amide bonds. The van der Waals surface area contributed by atoms with Crippen LogP contribution in [0.5, 0.6) is 5.75 Å². The fourth-order valence-electron chi connectivity index (χ4n) is 5.66. The molecule has 0 saturated heterocycles. The Labute approximate surface area is 201 Å². The highest BCUT2D eigenvalue weighted by molar-refractivity contribution is 6.01. The number of anilines is 2. The van der Waals surface area contributed by atoms with Crippen LogP contribution in [0.15, 0.2) is 78.0 Å². The van der Waals surface area contributed by atoms with Gasteiger partial charge in [0.05, 0.1) is 17.4 Å². The van der Waals surface area contributed by atoms with Crippen LogP contribution in [-0.2, 0) is 9.59 Å². The number of nitrogens with zero attached hydrogens (tertiary/aromatic N) is 1. The number of nitrogens with one attached hydrogen (secondary N) is 1. The Hall–Kier alpha value is -3.34. The number of ether oxygens (including phenoxy) is 1. The van der Waals surface area contributed by atoms with Gasteiger partial charge < -0.3 is 15.0 Å². The number of fused-ring (bicyclic) bond motifs is 1. The van der Waals surface area contributed by atoms with E-state index >= 15 is 0 Å². The minimum atomic E-state index is -0.329. The number of carbonyl (C=O) groups is 2. The zero-order valence-corrected chi connectivity index (χ0v) is 19.9. The summed E-state index contributed by atoms with van der Waals surface area (Å²) < 4.78 is 5.69. The summed E-state index contributed by atoms with van der Waals surface area (Å²) >= 11 is 0. The second-order valence-electron chi connectivity index (χ2n) is 10.4. The molecule has 1 aliphatic heterocycles. The van der Waals surface area contributed by atoms with Crippen molar-refractivity contribution in [2.45, 2.75) is 52.0 Å². The van der Waals surface area contributed by atoms with Crippen LogP contribution < -0.4 is 15.0 Å². The van der Waals surface area contributed by atoms with Crippen LogP contribution in [0.3, 0.4) is 0 Å². The molecule has 2 atom stereocenters. The molecule has 0 spiro atoms. The van der Waals surface area contributed by atoms with Crippen molar-refractivity contribution in [2.24, 2.45) is 11.3 Å². The number of Topliss-reactive ketones (excluding diaryl/α,β-unsaturated/α-hetero) is 1. The predicted molar refractivity (Wildman–Crippen MR) is 135 cm³/mol. The molecule has 2 aliphatic carbocycles. The fourth-order valence-corrected chi connectivity index (χ4v) is 5.66. The number of rotatable bonds is 4. The van der Waals surface area contributed by atoms with Gasteiger partial charge in [-0.2, -0.15) is 0 Å². The molecule has 3 aliphatic rings. The largest absolute Gasteiger partial charge is 0.425 e.